The lowest BCUT2D eigenvalue weighted by Gasteiger charge is -2.21. The largest absolute Gasteiger partial charge is 0.330 e. The van der Waals surface area contributed by atoms with Crippen molar-refractivity contribution in [3.63, 3.8) is 0 Å². The van der Waals surface area contributed by atoms with Crippen LogP contribution in [0.2, 0.25) is 0 Å². The summed E-state index contributed by atoms with van der Waals surface area (Å²) >= 11 is 0. The molecule has 0 aliphatic carbocycles. The van der Waals surface area contributed by atoms with Gasteiger partial charge in [-0.3, -0.25) is 0 Å². The third-order valence-electron chi connectivity index (χ3n) is 3.41. The number of rotatable bonds is 3. The molecule has 1 rings (SSSR count). The number of hydrogen-bond donors (Lipinski definition) is 1. The van der Waals surface area contributed by atoms with E-state index in [1.807, 2.05) is 0 Å². The molecule has 2 heteroatoms. The highest BCUT2D eigenvalue weighted by atomic mass is 15.2. The maximum Gasteiger partial charge on any atom is 0.00388 e. The second kappa shape index (κ2) is 4.43. The van der Waals surface area contributed by atoms with E-state index in [9.17, 15) is 0 Å². The molecule has 0 aromatic rings. The smallest absolute Gasteiger partial charge is 0.00388 e. The lowest BCUT2D eigenvalue weighted by molar-refractivity contribution is 0.253. The van der Waals surface area contributed by atoms with Gasteiger partial charge in [-0.15, -0.1) is 0 Å². The Hall–Kier alpha value is -0.0800. The summed E-state index contributed by atoms with van der Waals surface area (Å²) in [6.45, 7) is 12.5. The molecular formula is C11H24N2. The van der Waals surface area contributed by atoms with Gasteiger partial charge in [0.05, 0.1) is 0 Å². The Balaban J connectivity index is 2.56. The van der Waals surface area contributed by atoms with Crippen molar-refractivity contribution in [3.8, 4) is 0 Å². The van der Waals surface area contributed by atoms with Crippen molar-refractivity contribution in [3.05, 3.63) is 0 Å². The number of likely N-dealkylation sites (tertiary alicyclic amines) is 1. The number of hydrogen-bond acceptors (Lipinski definition) is 2. The molecule has 0 aromatic heterocycles. The van der Waals surface area contributed by atoms with Crippen molar-refractivity contribution < 1.29 is 0 Å². The van der Waals surface area contributed by atoms with Crippen LogP contribution in [0.15, 0.2) is 0 Å². The van der Waals surface area contributed by atoms with Crippen molar-refractivity contribution in [2.75, 3.05) is 19.6 Å². The predicted molar refractivity (Wildman–Crippen MR) is 57.6 cm³/mol. The zero-order chi connectivity index (χ0) is 10.0. The van der Waals surface area contributed by atoms with Gasteiger partial charge in [0, 0.05) is 19.1 Å². The first-order valence-electron chi connectivity index (χ1n) is 5.50. The van der Waals surface area contributed by atoms with Crippen LogP contribution >= 0.6 is 0 Å². The summed E-state index contributed by atoms with van der Waals surface area (Å²) in [7, 11) is 0. The third kappa shape index (κ3) is 2.44. The molecule has 1 fully saturated rings. The van der Waals surface area contributed by atoms with Crippen molar-refractivity contribution in [2.45, 2.75) is 33.7 Å². The first-order chi connectivity index (χ1) is 6.06. The SMILES string of the molecule is CC(C)C1CN(C(C)C)CC1CN. The summed E-state index contributed by atoms with van der Waals surface area (Å²) in [5.74, 6) is 2.31. The highest BCUT2D eigenvalue weighted by Crippen LogP contribution is 2.29. The van der Waals surface area contributed by atoms with Gasteiger partial charge in [-0.25, -0.2) is 0 Å². The maximum atomic E-state index is 5.80. The molecule has 1 saturated heterocycles. The fraction of sp³-hybridized carbons (Fsp3) is 1.00. The van der Waals surface area contributed by atoms with Gasteiger partial charge in [0.2, 0.25) is 0 Å². The molecule has 0 spiro atoms. The quantitative estimate of drug-likeness (QED) is 0.721. The van der Waals surface area contributed by atoms with Crippen LogP contribution in [0.25, 0.3) is 0 Å². The van der Waals surface area contributed by atoms with Crippen LogP contribution in [-0.4, -0.2) is 30.6 Å². The second-order valence-electron chi connectivity index (χ2n) is 4.95. The van der Waals surface area contributed by atoms with Gasteiger partial charge in [-0.05, 0) is 38.1 Å². The van der Waals surface area contributed by atoms with Crippen molar-refractivity contribution in [2.24, 2.45) is 23.5 Å². The molecule has 1 aliphatic rings. The Morgan fingerprint density at radius 2 is 1.85 bits per heavy atom. The first-order valence-corrected chi connectivity index (χ1v) is 5.50. The molecule has 2 unspecified atom stereocenters. The van der Waals surface area contributed by atoms with E-state index < -0.39 is 0 Å². The molecule has 2 N–H and O–H groups in total. The minimum absolute atomic E-state index is 0.679. The normalized spacial score (nSPS) is 30.7. The fourth-order valence-corrected chi connectivity index (χ4v) is 2.36. The summed E-state index contributed by atoms with van der Waals surface area (Å²) in [6, 6.07) is 0.679. The lowest BCUT2D eigenvalue weighted by Crippen LogP contribution is -2.29. The van der Waals surface area contributed by atoms with Gasteiger partial charge in [-0.1, -0.05) is 13.8 Å². The molecule has 1 aliphatic heterocycles. The molecule has 2 atom stereocenters. The van der Waals surface area contributed by atoms with Crippen LogP contribution in [0.3, 0.4) is 0 Å². The average Bonchev–Trinajstić information content (AvgIpc) is 2.47. The zero-order valence-electron chi connectivity index (χ0n) is 9.46. The van der Waals surface area contributed by atoms with Crippen molar-refractivity contribution >= 4 is 0 Å². The Labute approximate surface area is 82.5 Å². The molecule has 2 nitrogen and oxygen atoms in total. The molecule has 0 saturated carbocycles. The Morgan fingerprint density at radius 3 is 2.15 bits per heavy atom. The van der Waals surface area contributed by atoms with Crippen LogP contribution in [0.1, 0.15) is 27.7 Å². The van der Waals surface area contributed by atoms with Gasteiger partial charge < -0.3 is 10.6 Å². The predicted octanol–water partition coefficient (Wildman–Crippen LogP) is 1.56. The molecule has 1 heterocycles. The van der Waals surface area contributed by atoms with E-state index in [4.69, 9.17) is 5.73 Å². The minimum Gasteiger partial charge on any atom is -0.330 e. The molecule has 13 heavy (non-hydrogen) atoms. The van der Waals surface area contributed by atoms with E-state index >= 15 is 0 Å². The van der Waals surface area contributed by atoms with E-state index in [0.29, 0.717) is 6.04 Å². The van der Waals surface area contributed by atoms with Crippen LogP contribution < -0.4 is 5.73 Å². The van der Waals surface area contributed by atoms with Crippen LogP contribution in [0.5, 0.6) is 0 Å². The van der Waals surface area contributed by atoms with Gasteiger partial charge in [0.1, 0.15) is 0 Å². The third-order valence-corrected chi connectivity index (χ3v) is 3.41. The maximum absolute atomic E-state index is 5.80. The minimum atomic E-state index is 0.679. The molecule has 0 aromatic carbocycles. The highest BCUT2D eigenvalue weighted by Gasteiger charge is 2.34. The molecule has 0 radical (unpaired) electrons. The van der Waals surface area contributed by atoms with Gasteiger partial charge in [0.15, 0.2) is 0 Å². The van der Waals surface area contributed by atoms with Gasteiger partial charge >= 0.3 is 0 Å². The summed E-state index contributed by atoms with van der Waals surface area (Å²) < 4.78 is 0. The monoisotopic (exact) mass is 184 g/mol. The molecule has 0 amide bonds. The van der Waals surface area contributed by atoms with E-state index in [0.717, 1.165) is 24.3 Å². The number of nitrogens with two attached hydrogens (primary N) is 1. The summed E-state index contributed by atoms with van der Waals surface area (Å²) in [5.41, 5.74) is 5.80. The van der Waals surface area contributed by atoms with Gasteiger partial charge in [-0.2, -0.15) is 0 Å². The van der Waals surface area contributed by atoms with Crippen molar-refractivity contribution in [1.82, 2.24) is 4.90 Å². The van der Waals surface area contributed by atoms with E-state index in [1.54, 1.807) is 0 Å². The van der Waals surface area contributed by atoms with E-state index in [-0.39, 0.29) is 0 Å². The van der Waals surface area contributed by atoms with Crippen LogP contribution in [0, 0.1) is 17.8 Å². The zero-order valence-corrected chi connectivity index (χ0v) is 9.46. The lowest BCUT2D eigenvalue weighted by atomic mass is 9.86. The standard InChI is InChI=1S/C11H24N2/c1-8(2)11-7-13(9(3)4)6-10(11)5-12/h8-11H,5-7,12H2,1-4H3. The molecule has 0 bridgehead atoms. The Morgan fingerprint density at radius 1 is 1.23 bits per heavy atom. The first kappa shape index (κ1) is 11.0. The van der Waals surface area contributed by atoms with Gasteiger partial charge in [0.25, 0.3) is 0 Å². The molecular weight excluding hydrogens is 160 g/mol. The second-order valence-corrected chi connectivity index (χ2v) is 4.95. The van der Waals surface area contributed by atoms with E-state index in [1.165, 1.54) is 13.1 Å². The van der Waals surface area contributed by atoms with E-state index in [2.05, 4.69) is 32.6 Å². The Bertz CT molecular complexity index is 154. The average molecular weight is 184 g/mol. The highest BCUT2D eigenvalue weighted by molar-refractivity contribution is 4.87. The topological polar surface area (TPSA) is 29.3 Å². The fourth-order valence-electron chi connectivity index (χ4n) is 2.36. The number of nitrogens with zero attached hydrogens (tertiary/aromatic N) is 1. The summed E-state index contributed by atoms with van der Waals surface area (Å²) in [5, 5.41) is 0. The summed E-state index contributed by atoms with van der Waals surface area (Å²) in [4.78, 5) is 2.56. The van der Waals surface area contributed by atoms with Crippen LogP contribution in [0.4, 0.5) is 0 Å². The Kier molecular flexibility index (Phi) is 3.74. The van der Waals surface area contributed by atoms with Crippen molar-refractivity contribution in [1.29, 1.82) is 0 Å². The summed E-state index contributed by atoms with van der Waals surface area (Å²) in [6.07, 6.45) is 0. The molecule has 78 valence electrons. The van der Waals surface area contributed by atoms with Crippen LogP contribution in [-0.2, 0) is 0 Å².